The number of methoxy groups -OCH3 is 1. The maximum atomic E-state index is 10.7. The number of amides is 1. The molecule has 0 saturated carbocycles. The van der Waals surface area contributed by atoms with Crippen molar-refractivity contribution in [2.75, 3.05) is 7.11 Å². The van der Waals surface area contributed by atoms with Crippen LogP contribution in [0.5, 0.6) is 0 Å². The van der Waals surface area contributed by atoms with Gasteiger partial charge in [-0.1, -0.05) is 0 Å². The lowest BCUT2D eigenvalue weighted by atomic mass is 10.2. The molecular formula is C8H13NO4. The van der Waals surface area contributed by atoms with Gasteiger partial charge in [-0.3, -0.25) is 9.59 Å². The van der Waals surface area contributed by atoms with Gasteiger partial charge in [0.05, 0.1) is 13.2 Å². The Bertz CT molecular complexity index is 202. The van der Waals surface area contributed by atoms with Gasteiger partial charge in [-0.2, -0.15) is 0 Å². The van der Waals surface area contributed by atoms with Crippen LogP contribution in [0, 0.1) is 0 Å². The normalized spacial score (nSPS) is 11.5. The van der Waals surface area contributed by atoms with Gasteiger partial charge in [0.15, 0.2) is 0 Å². The summed E-state index contributed by atoms with van der Waals surface area (Å²) in [5, 5.41) is 2.39. The first-order valence-corrected chi connectivity index (χ1v) is 3.89. The third-order valence-corrected chi connectivity index (χ3v) is 1.44. The number of esters is 1. The van der Waals surface area contributed by atoms with Crippen LogP contribution in [0.3, 0.4) is 0 Å². The summed E-state index contributed by atoms with van der Waals surface area (Å²) in [4.78, 5) is 31.6. The number of carbonyl (C=O) groups excluding carboxylic acids is 3. The molecule has 1 amide bonds. The molecule has 1 atom stereocenters. The van der Waals surface area contributed by atoms with Crippen molar-refractivity contribution in [3.05, 3.63) is 0 Å². The Kier molecular flexibility index (Phi) is 5.50. The lowest BCUT2D eigenvalue weighted by Crippen LogP contribution is -2.34. The highest BCUT2D eigenvalue weighted by atomic mass is 16.5. The summed E-state index contributed by atoms with van der Waals surface area (Å²) in [6.07, 6.45) is 1.00. The predicted molar refractivity (Wildman–Crippen MR) is 44.9 cm³/mol. The van der Waals surface area contributed by atoms with E-state index in [9.17, 15) is 14.4 Å². The zero-order chi connectivity index (χ0) is 10.3. The molecule has 0 bridgehead atoms. The van der Waals surface area contributed by atoms with Crippen molar-refractivity contribution in [3.63, 3.8) is 0 Å². The number of nitrogens with one attached hydrogen (secondary N) is 1. The van der Waals surface area contributed by atoms with Crippen LogP contribution in [-0.2, 0) is 19.1 Å². The summed E-state index contributed by atoms with van der Waals surface area (Å²) >= 11 is 0. The molecule has 0 rings (SSSR count). The highest BCUT2D eigenvalue weighted by Crippen LogP contribution is 1.96. The Hall–Kier alpha value is -1.39. The molecule has 0 saturated heterocycles. The summed E-state index contributed by atoms with van der Waals surface area (Å²) in [7, 11) is 1.27. The summed E-state index contributed by atoms with van der Waals surface area (Å²) in [5.74, 6) is -0.681. The summed E-state index contributed by atoms with van der Waals surface area (Å²) < 4.78 is 4.38. The number of carbonyl (C=O) groups is 3. The SMILES string of the molecule is COC(=O)CC[C@@H](C=O)NC(C)=O. The molecule has 0 aliphatic carbocycles. The Balaban J connectivity index is 3.78. The zero-order valence-electron chi connectivity index (χ0n) is 7.70. The minimum Gasteiger partial charge on any atom is -0.469 e. The van der Waals surface area contributed by atoms with Gasteiger partial charge in [0.2, 0.25) is 5.91 Å². The molecule has 0 spiro atoms. The Morgan fingerprint density at radius 1 is 1.54 bits per heavy atom. The molecule has 0 aromatic rings. The predicted octanol–water partition coefficient (Wildman–Crippen LogP) is -0.357. The molecule has 0 aliphatic rings. The first-order valence-electron chi connectivity index (χ1n) is 3.89. The molecule has 0 aromatic heterocycles. The highest BCUT2D eigenvalue weighted by molar-refractivity contribution is 5.77. The first kappa shape index (κ1) is 11.6. The second-order valence-electron chi connectivity index (χ2n) is 2.56. The van der Waals surface area contributed by atoms with E-state index in [1.54, 1.807) is 0 Å². The van der Waals surface area contributed by atoms with Crippen LogP contribution in [0.4, 0.5) is 0 Å². The molecule has 5 heteroatoms. The van der Waals surface area contributed by atoms with E-state index >= 15 is 0 Å². The largest absolute Gasteiger partial charge is 0.469 e. The average molecular weight is 187 g/mol. The fourth-order valence-corrected chi connectivity index (χ4v) is 0.811. The van der Waals surface area contributed by atoms with E-state index < -0.39 is 12.0 Å². The van der Waals surface area contributed by atoms with Gasteiger partial charge in [-0.05, 0) is 6.42 Å². The third-order valence-electron chi connectivity index (χ3n) is 1.44. The van der Waals surface area contributed by atoms with Crippen LogP contribution < -0.4 is 5.32 Å². The van der Waals surface area contributed by atoms with Gasteiger partial charge >= 0.3 is 5.97 Å². The first-order chi connectivity index (χ1) is 6.10. The van der Waals surface area contributed by atoms with Crippen LogP contribution in [0.1, 0.15) is 19.8 Å². The molecular weight excluding hydrogens is 174 g/mol. The molecule has 13 heavy (non-hydrogen) atoms. The van der Waals surface area contributed by atoms with Crippen molar-refractivity contribution in [3.8, 4) is 0 Å². The van der Waals surface area contributed by atoms with Gasteiger partial charge in [0.25, 0.3) is 0 Å². The standard InChI is InChI=1S/C8H13NO4/c1-6(11)9-7(5-10)3-4-8(12)13-2/h5,7H,3-4H2,1-2H3,(H,9,11)/t7-/m0/s1. The van der Waals surface area contributed by atoms with Crippen molar-refractivity contribution >= 4 is 18.2 Å². The topological polar surface area (TPSA) is 72.5 Å². The van der Waals surface area contributed by atoms with E-state index in [0.29, 0.717) is 6.29 Å². The zero-order valence-corrected chi connectivity index (χ0v) is 7.70. The summed E-state index contributed by atoms with van der Waals surface area (Å²) in [5.41, 5.74) is 0. The van der Waals surface area contributed by atoms with Crippen molar-refractivity contribution in [1.82, 2.24) is 5.32 Å². The van der Waals surface area contributed by atoms with Crippen LogP contribution in [0.25, 0.3) is 0 Å². The van der Waals surface area contributed by atoms with E-state index in [0.717, 1.165) is 0 Å². The van der Waals surface area contributed by atoms with Gasteiger partial charge in [0, 0.05) is 13.3 Å². The third kappa shape index (κ3) is 5.84. The van der Waals surface area contributed by atoms with Crippen molar-refractivity contribution in [2.24, 2.45) is 0 Å². The number of hydrogen-bond acceptors (Lipinski definition) is 4. The van der Waals surface area contributed by atoms with Crippen LogP contribution in [0.15, 0.2) is 0 Å². The smallest absolute Gasteiger partial charge is 0.305 e. The number of hydrogen-bond donors (Lipinski definition) is 1. The molecule has 0 fully saturated rings. The van der Waals surface area contributed by atoms with Gasteiger partial charge in [-0.25, -0.2) is 0 Å². The number of rotatable bonds is 5. The quantitative estimate of drug-likeness (QED) is 0.471. The molecule has 74 valence electrons. The highest BCUT2D eigenvalue weighted by Gasteiger charge is 2.10. The van der Waals surface area contributed by atoms with Crippen molar-refractivity contribution in [2.45, 2.75) is 25.8 Å². The van der Waals surface area contributed by atoms with E-state index in [1.807, 2.05) is 0 Å². The number of ether oxygens (including phenoxy) is 1. The minimum atomic E-state index is -0.600. The van der Waals surface area contributed by atoms with Crippen LogP contribution in [-0.4, -0.2) is 31.3 Å². The number of aldehydes is 1. The molecule has 5 nitrogen and oxygen atoms in total. The monoisotopic (exact) mass is 187 g/mol. The molecule has 0 radical (unpaired) electrons. The fourth-order valence-electron chi connectivity index (χ4n) is 0.811. The maximum Gasteiger partial charge on any atom is 0.305 e. The van der Waals surface area contributed by atoms with E-state index in [1.165, 1.54) is 14.0 Å². The van der Waals surface area contributed by atoms with E-state index in [4.69, 9.17) is 0 Å². The van der Waals surface area contributed by atoms with Gasteiger partial charge in [-0.15, -0.1) is 0 Å². The molecule has 0 unspecified atom stereocenters. The van der Waals surface area contributed by atoms with Crippen LogP contribution >= 0.6 is 0 Å². The molecule has 0 aromatic carbocycles. The van der Waals surface area contributed by atoms with Crippen LogP contribution in [0.2, 0.25) is 0 Å². The lowest BCUT2D eigenvalue weighted by molar-refractivity contribution is -0.141. The van der Waals surface area contributed by atoms with E-state index in [-0.39, 0.29) is 18.7 Å². The van der Waals surface area contributed by atoms with Crippen molar-refractivity contribution < 1.29 is 19.1 Å². The van der Waals surface area contributed by atoms with Gasteiger partial charge in [0.1, 0.15) is 6.29 Å². The maximum absolute atomic E-state index is 10.7. The molecule has 0 heterocycles. The molecule has 0 aliphatic heterocycles. The Morgan fingerprint density at radius 2 is 2.15 bits per heavy atom. The average Bonchev–Trinajstić information content (AvgIpc) is 2.10. The minimum absolute atomic E-state index is 0.125. The van der Waals surface area contributed by atoms with Crippen molar-refractivity contribution in [1.29, 1.82) is 0 Å². The summed E-state index contributed by atoms with van der Waals surface area (Å²) in [6, 6.07) is -0.600. The lowest BCUT2D eigenvalue weighted by Gasteiger charge is -2.09. The van der Waals surface area contributed by atoms with Gasteiger partial charge < -0.3 is 14.8 Å². The van der Waals surface area contributed by atoms with E-state index in [2.05, 4.69) is 10.1 Å². The fraction of sp³-hybridized carbons (Fsp3) is 0.625. The second kappa shape index (κ2) is 6.16. The Labute approximate surface area is 76.4 Å². The second-order valence-corrected chi connectivity index (χ2v) is 2.56. The summed E-state index contributed by atoms with van der Waals surface area (Å²) in [6.45, 7) is 1.31. The molecule has 1 N–H and O–H groups in total. The Morgan fingerprint density at radius 3 is 2.54 bits per heavy atom.